The molecule has 0 fully saturated rings. The Morgan fingerprint density at radius 3 is 2.59 bits per heavy atom. The van der Waals surface area contributed by atoms with E-state index in [-0.39, 0.29) is 21.9 Å². The highest BCUT2D eigenvalue weighted by Gasteiger charge is 2.23. The van der Waals surface area contributed by atoms with Crippen molar-refractivity contribution in [3.8, 4) is 11.5 Å². The number of aryl methyl sites for hydroxylation is 1. The molecule has 1 amide bonds. The molecule has 0 aromatic heterocycles. The van der Waals surface area contributed by atoms with Crippen LogP contribution in [-0.4, -0.2) is 14.3 Å². The second kappa shape index (κ2) is 7.06. The Morgan fingerprint density at radius 2 is 1.79 bits per heavy atom. The number of fused-ring (bicyclic) bond motifs is 2. The molecule has 1 aliphatic heterocycles. The third kappa shape index (κ3) is 3.76. The molecule has 0 atom stereocenters. The zero-order chi connectivity index (χ0) is 20.8. The maximum absolute atomic E-state index is 13.5. The molecular formula is C20H14ClFN2O4S. The second-order valence-electron chi connectivity index (χ2n) is 6.42. The Bertz CT molecular complexity index is 1260. The fraction of sp³-hybridized carbons (Fsp3) is 0.0500. The summed E-state index contributed by atoms with van der Waals surface area (Å²) in [5.74, 6) is -0.482. The smallest absolute Gasteiger partial charge is 0.262 e. The normalized spacial score (nSPS) is 12.9. The fourth-order valence-corrected chi connectivity index (χ4v) is 4.41. The van der Waals surface area contributed by atoms with Gasteiger partial charge in [0.05, 0.1) is 16.1 Å². The summed E-state index contributed by atoms with van der Waals surface area (Å²) in [7, 11) is -4.06. The van der Waals surface area contributed by atoms with Crippen molar-refractivity contribution in [1.82, 2.24) is 0 Å². The summed E-state index contributed by atoms with van der Waals surface area (Å²) in [6, 6.07) is 12.6. The van der Waals surface area contributed by atoms with Gasteiger partial charge in [-0.2, -0.15) is 0 Å². The molecule has 29 heavy (non-hydrogen) atoms. The number of nitrogens with one attached hydrogen (secondary N) is 2. The van der Waals surface area contributed by atoms with Gasteiger partial charge in [0.25, 0.3) is 15.9 Å². The van der Waals surface area contributed by atoms with Crippen LogP contribution in [0.5, 0.6) is 11.5 Å². The van der Waals surface area contributed by atoms with E-state index in [4.69, 9.17) is 16.3 Å². The van der Waals surface area contributed by atoms with Crippen LogP contribution in [0.1, 0.15) is 15.9 Å². The van der Waals surface area contributed by atoms with E-state index in [0.717, 1.165) is 6.07 Å². The number of halogens is 2. The molecule has 2 N–H and O–H groups in total. The van der Waals surface area contributed by atoms with E-state index in [1.54, 1.807) is 25.1 Å². The van der Waals surface area contributed by atoms with E-state index >= 15 is 0 Å². The molecule has 0 saturated carbocycles. The molecule has 0 unspecified atom stereocenters. The zero-order valence-corrected chi connectivity index (χ0v) is 16.6. The van der Waals surface area contributed by atoms with Crippen LogP contribution in [0.15, 0.2) is 59.5 Å². The van der Waals surface area contributed by atoms with E-state index in [1.807, 2.05) is 0 Å². The maximum atomic E-state index is 13.5. The first kappa shape index (κ1) is 19.2. The largest absolute Gasteiger partial charge is 0.454 e. The highest BCUT2D eigenvalue weighted by atomic mass is 35.5. The van der Waals surface area contributed by atoms with Gasteiger partial charge in [0.2, 0.25) is 0 Å². The van der Waals surface area contributed by atoms with Crippen LogP contribution >= 0.6 is 11.6 Å². The first-order valence-corrected chi connectivity index (χ1v) is 10.3. The van der Waals surface area contributed by atoms with Gasteiger partial charge in [-0.25, -0.2) is 12.8 Å². The van der Waals surface area contributed by atoms with E-state index in [9.17, 15) is 17.6 Å². The number of carbonyl (C=O) groups is 1. The van der Waals surface area contributed by atoms with Gasteiger partial charge in [0, 0.05) is 10.7 Å². The molecule has 9 heteroatoms. The first-order chi connectivity index (χ1) is 13.7. The van der Waals surface area contributed by atoms with Gasteiger partial charge in [0.15, 0.2) is 5.75 Å². The average Bonchev–Trinajstić information content (AvgIpc) is 2.79. The van der Waals surface area contributed by atoms with Crippen molar-refractivity contribution in [1.29, 1.82) is 0 Å². The van der Waals surface area contributed by atoms with Crippen molar-refractivity contribution < 1.29 is 22.3 Å². The zero-order valence-electron chi connectivity index (χ0n) is 15.0. The lowest BCUT2D eigenvalue weighted by Gasteiger charge is -2.12. The number of amides is 1. The summed E-state index contributed by atoms with van der Waals surface area (Å²) < 4.78 is 47.0. The minimum atomic E-state index is -4.06. The number of anilines is 2. The van der Waals surface area contributed by atoms with Gasteiger partial charge in [0.1, 0.15) is 11.6 Å². The molecule has 3 aromatic rings. The fourth-order valence-electron chi connectivity index (χ4n) is 2.93. The number of ether oxygens (including phenoxy) is 1. The second-order valence-corrected chi connectivity index (χ2v) is 8.51. The van der Waals surface area contributed by atoms with Crippen LogP contribution in [0.4, 0.5) is 15.8 Å². The summed E-state index contributed by atoms with van der Waals surface area (Å²) in [6.07, 6.45) is 0. The number of carbonyl (C=O) groups excluding carboxylic acids is 1. The predicted octanol–water partition coefficient (Wildman–Crippen LogP) is 4.95. The molecule has 6 nitrogen and oxygen atoms in total. The SMILES string of the molecule is Cc1ccc(F)cc1S(=O)(=O)Nc1ccc2c(c1)C(=O)Nc1cc(Cl)ccc1O2. The van der Waals surface area contributed by atoms with Gasteiger partial charge in [-0.1, -0.05) is 17.7 Å². The molecule has 0 saturated heterocycles. The Labute approximate surface area is 171 Å². The minimum absolute atomic E-state index is 0.133. The van der Waals surface area contributed by atoms with E-state index in [2.05, 4.69) is 10.0 Å². The molecule has 0 bridgehead atoms. The Hall–Kier alpha value is -3.10. The molecule has 1 aliphatic rings. The Balaban J connectivity index is 1.69. The highest BCUT2D eigenvalue weighted by Crippen LogP contribution is 2.38. The first-order valence-electron chi connectivity index (χ1n) is 8.45. The summed E-state index contributed by atoms with van der Waals surface area (Å²) in [6.45, 7) is 1.56. The third-order valence-electron chi connectivity index (χ3n) is 4.33. The number of hydrogen-bond acceptors (Lipinski definition) is 4. The van der Waals surface area contributed by atoms with Crippen LogP contribution < -0.4 is 14.8 Å². The number of hydrogen-bond donors (Lipinski definition) is 2. The number of sulfonamides is 1. The third-order valence-corrected chi connectivity index (χ3v) is 6.08. The molecule has 1 heterocycles. The summed E-state index contributed by atoms with van der Waals surface area (Å²) in [5, 5.41) is 3.11. The van der Waals surface area contributed by atoms with Gasteiger partial charge in [-0.05, 0) is 61.0 Å². The Kier molecular flexibility index (Phi) is 4.68. The van der Waals surface area contributed by atoms with Gasteiger partial charge < -0.3 is 10.1 Å². The lowest BCUT2D eigenvalue weighted by Crippen LogP contribution is -2.16. The quantitative estimate of drug-likeness (QED) is 0.613. The van der Waals surface area contributed by atoms with Gasteiger partial charge in [-0.15, -0.1) is 0 Å². The van der Waals surface area contributed by atoms with Crippen LogP contribution in [0.3, 0.4) is 0 Å². The molecule has 148 valence electrons. The molecule has 0 spiro atoms. The molecule has 3 aromatic carbocycles. The van der Waals surface area contributed by atoms with Crippen molar-refractivity contribution in [2.75, 3.05) is 10.0 Å². The average molecular weight is 433 g/mol. The van der Waals surface area contributed by atoms with E-state index in [1.165, 1.54) is 30.3 Å². The van der Waals surface area contributed by atoms with E-state index in [0.29, 0.717) is 22.0 Å². The van der Waals surface area contributed by atoms with Crippen LogP contribution in [0.2, 0.25) is 5.02 Å². The van der Waals surface area contributed by atoms with Crippen LogP contribution in [-0.2, 0) is 10.0 Å². The molecular weight excluding hydrogens is 419 g/mol. The predicted molar refractivity (Wildman–Crippen MR) is 108 cm³/mol. The van der Waals surface area contributed by atoms with Crippen molar-refractivity contribution in [3.05, 3.63) is 76.6 Å². The van der Waals surface area contributed by atoms with E-state index < -0.39 is 21.7 Å². The van der Waals surface area contributed by atoms with Crippen LogP contribution in [0, 0.1) is 12.7 Å². The van der Waals surface area contributed by atoms with Crippen molar-refractivity contribution in [2.24, 2.45) is 0 Å². The monoisotopic (exact) mass is 432 g/mol. The summed E-state index contributed by atoms with van der Waals surface area (Å²) in [4.78, 5) is 12.4. The Morgan fingerprint density at radius 1 is 1.03 bits per heavy atom. The summed E-state index contributed by atoms with van der Waals surface area (Å²) >= 11 is 5.96. The standard InChI is InChI=1S/C20H14ClFN2O4S/c1-11-2-4-13(22)9-19(11)29(26,27)24-14-5-7-17-15(10-14)20(25)23-16-8-12(21)3-6-18(16)28-17/h2-10,24H,1H3,(H,23,25). The minimum Gasteiger partial charge on any atom is -0.454 e. The molecule has 0 radical (unpaired) electrons. The maximum Gasteiger partial charge on any atom is 0.262 e. The molecule has 0 aliphatic carbocycles. The van der Waals surface area contributed by atoms with Crippen molar-refractivity contribution in [3.63, 3.8) is 0 Å². The van der Waals surface area contributed by atoms with Gasteiger partial charge in [-0.3, -0.25) is 9.52 Å². The number of benzene rings is 3. The van der Waals surface area contributed by atoms with Crippen molar-refractivity contribution in [2.45, 2.75) is 11.8 Å². The van der Waals surface area contributed by atoms with Crippen molar-refractivity contribution >= 4 is 38.9 Å². The lowest BCUT2D eigenvalue weighted by atomic mass is 10.1. The summed E-state index contributed by atoms with van der Waals surface area (Å²) in [5.41, 5.74) is 1.06. The highest BCUT2D eigenvalue weighted by molar-refractivity contribution is 7.92. The van der Waals surface area contributed by atoms with Crippen LogP contribution in [0.25, 0.3) is 0 Å². The lowest BCUT2D eigenvalue weighted by molar-refractivity contribution is 0.102. The molecule has 4 rings (SSSR count). The topological polar surface area (TPSA) is 84.5 Å². The van der Waals surface area contributed by atoms with Gasteiger partial charge >= 0.3 is 0 Å². The number of rotatable bonds is 3.